The summed E-state index contributed by atoms with van der Waals surface area (Å²) < 4.78 is 11.7. The van der Waals surface area contributed by atoms with Crippen molar-refractivity contribution >= 4 is 21.6 Å². The number of rotatable bonds is 8. The lowest BCUT2D eigenvalue weighted by molar-refractivity contribution is 0.132. The lowest BCUT2D eigenvalue weighted by Crippen LogP contribution is -2.10. The predicted octanol–water partition coefficient (Wildman–Crippen LogP) is 3.93. The minimum Gasteiger partial charge on any atom is -0.495 e. The highest BCUT2D eigenvalue weighted by Gasteiger charge is 2.01. The first-order chi connectivity index (χ1) is 8.63. The summed E-state index contributed by atoms with van der Waals surface area (Å²) in [6.45, 7) is 6.78. The third kappa shape index (κ3) is 5.74. The molecule has 0 aromatic heterocycles. The van der Waals surface area contributed by atoms with Gasteiger partial charge >= 0.3 is 0 Å². The number of nitrogens with one attached hydrogen (secondary N) is 1. The zero-order chi connectivity index (χ0) is 13.4. The van der Waals surface area contributed by atoms with Crippen LogP contribution in [0.4, 0.5) is 5.69 Å². The Balaban J connectivity index is 2.23. The van der Waals surface area contributed by atoms with Crippen LogP contribution in [0.25, 0.3) is 0 Å². The van der Waals surface area contributed by atoms with Crippen LogP contribution >= 0.6 is 15.9 Å². The maximum absolute atomic E-state index is 5.54. The second kappa shape index (κ2) is 8.38. The molecule has 0 saturated heterocycles. The van der Waals surface area contributed by atoms with E-state index in [4.69, 9.17) is 9.47 Å². The summed E-state index contributed by atoms with van der Waals surface area (Å²) in [4.78, 5) is 0. The summed E-state index contributed by atoms with van der Waals surface area (Å²) in [6.07, 6.45) is 1.12. The van der Waals surface area contributed by atoms with Crippen LogP contribution in [0.3, 0.4) is 0 Å². The van der Waals surface area contributed by atoms with Crippen LogP contribution in [0.1, 0.15) is 20.3 Å². The third-order valence-electron chi connectivity index (χ3n) is 2.57. The molecule has 18 heavy (non-hydrogen) atoms. The van der Waals surface area contributed by atoms with E-state index in [2.05, 4.69) is 35.1 Å². The summed E-state index contributed by atoms with van der Waals surface area (Å²) in [7, 11) is 1.67. The third-order valence-corrected chi connectivity index (χ3v) is 3.22. The van der Waals surface area contributed by atoms with Crippen LogP contribution in [0.5, 0.6) is 5.75 Å². The highest BCUT2D eigenvalue weighted by molar-refractivity contribution is 9.10. The van der Waals surface area contributed by atoms with Crippen LogP contribution in [-0.2, 0) is 4.74 Å². The molecular formula is C14H22BrNO2. The van der Waals surface area contributed by atoms with E-state index < -0.39 is 0 Å². The average molecular weight is 316 g/mol. The molecule has 0 bridgehead atoms. The summed E-state index contributed by atoms with van der Waals surface area (Å²) in [5.41, 5.74) is 1.04. The Morgan fingerprint density at radius 2 is 2.06 bits per heavy atom. The smallest absolute Gasteiger partial charge is 0.135 e. The van der Waals surface area contributed by atoms with E-state index in [-0.39, 0.29) is 0 Å². The summed E-state index contributed by atoms with van der Waals surface area (Å²) in [5, 5.41) is 3.31. The van der Waals surface area contributed by atoms with Crippen molar-refractivity contribution < 1.29 is 9.47 Å². The molecule has 0 unspecified atom stereocenters. The fourth-order valence-electron chi connectivity index (χ4n) is 1.46. The zero-order valence-corrected chi connectivity index (χ0v) is 12.9. The van der Waals surface area contributed by atoms with Crippen LogP contribution < -0.4 is 10.1 Å². The average Bonchev–Trinajstić information content (AvgIpc) is 2.35. The van der Waals surface area contributed by atoms with Gasteiger partial charge in [0.15, 0.2) is 0 Å². The molecule has 0 radical (unpaired) electrons. The molecule has 0 atom stereocenters. The van der Waals surface area contributed by atoms with Gasteiger partial charge in [-0.05, 0) is 40.4 Å². The van der Waals surface area contributed by atoms with Gasteiger partial charge in [-0.15, -0.1) is 0 Å². The van der Waals surface area contributed by atoms with E-state index in [1.807, 2.05) is 18.2 Å². The molecule has 0 aliphatic rings. The van der Waals surface area contributed by atoms with E-state index in [1.165, 1.54) is 0 Å². The van der Waals surface area contributed by atoms with Crippen LogP contribution in [-0.4, -0.2) is 26.9 Å². The Bertz CT molecular complexity index is 356. The van der Waals surface area contributed by atoms with Gasteiger partial charge in [-0.25, -0.2) is 0 Å². The highest BCUT2D eigenvalue weighted by atomic mass is 79.9. The molecule has 0 heterocycles. The predicted molar refractivity (Wildman–Crippen MR) is 79.5 cm³/mol. The van der Waals surface area contributed by atoms with E-state index in [0.29, 0.717) is 5.92 Å². The molecule has 1 aromatic carbocycles. The molecular weight excluding hydrogens is 294 g/mol. The van der Waals surface area contributed by atoms with Crippen molar-refractivity contribution in [3.63, 3.8) is 0 Å². The largest absolute Gasteiger partial charge is 0.495 e. The number of halogens is 1. The first-order valence-corrected chi connectivity index (χ1v) is 7.08. The molecule has 1 rings (SSSR count). The molecule has 0 aliphatic heterocycles. The van der Waals surface area contributed by atoms with Gasteiger partial charge < -0.3 is 14.8 Å². The first kappa shape index (κ1) is 15.3. The topological polar surface area (TPSA) is 30.5 Å². The fraction of sp³-hybridized carbons (Fsp3) is 0.571. The van der Waals surface area contributed by atoms with Gasteiger partial charge in [0, 0.05) is 24.9 Å². The standard InChI is InChI=1S/C14H22BrNO2/c1-11(2)6-8-18-9-7-16-12-4-5-13(15)14(10-12)17-3/h4-5,10-11,16H,6-9H2,1-3H3. The van der Waals surface area contributed by atoms with Crippen molar-refractivity contribution in [1.29, 1.82) is 0 Å². The Labute approximate surface area is 118 Å². The van der Waals surface area contributed by atoms with E-state index >= 15 is 0 Å². The molecule has 102 valence electrons. The van der Waals surface area contributed by atoms with Gasteiger partial charge in [0.2, 0.25) is 0 Å². The molecule has 0 saturated carbocycles. The van der Waals surface area contributed by atoms with Gasteiger partial charge in [-0.1, -0.05) is 13.8 Å². The van der Waals surface area contributed by atoms with Crippen molar-refractivity contribution in [3.8, 4) is 5.75 Å². The minimum atomic E-state index is 0.702. The Kier molecular flexibility index (Phi) is 7.13. The van der Waals surface area contributed by atoms with Crippen LogP contribution in [0.15, 0.2) is 22.7 Å². The van der Waals surface area contributed by atoms with Crippen molar-refractivity contribution in [2.24, 2.45) is 5.92 Å². The number of anilines is 1. The number of hydrogen-bond acceptors (Lipinski definition) is 3. The van der Waals surface area contributed by atoms with E-state index in [1.54, 1.807) is 7.11 Å². The quantitative estimate of drug-likeness (QED) is 0.737. The molecule has 0 amide bonds. The molecule has 0 fully saturated rings. The van der Waals surface area contributed by atoms with Gasteiger partial charge in [0.25, 0.3) is 0 Å². The molecule has 3 nitrogen and oxygen atoms in total. The maximum Gasteiger partial charge on any atom is 0.135 e. The Hall–Kier alpha value is -0.740. The van der Waals surface area contributed by atoms with E-state index in [9.17, 15) is 0 Å². The number of methoxy groups -OCH3 is 1. The van der Waals surface area contributed by atoms with Crippen molar-refractivity contribution in [2.75, 3.05) is 32.2 Å². The second-order valence-electron chi connectivity index (χ2n) is 4.57. The SMILES string of the molecule is COc1cc(NCCOCCC(C)C)ccc1Br. The van der Waals surface area contributed by atoms with Crippen molar-refractivity contribution in [3.05, 3.63) is 22.7 Å². The fourth-order valence-corrected chi connectivity index (χ4v) is 1.87. The summed E-state index contributed by atoms with van der Waals surface area (Å²) in [6, 6.07) is 5.96. The lowest BCUT2D eigenvalue weighted by Gasteiger charge is -2.10. The monoisotopic (exact) mass is 315 g/mol. The van der Waals surface area contributed by atoms with Gasteiger partial charge in [-0.3, -0.25) is 0 Å². The summed E-state index contributed by atoms with van der Waals surface area (Å²) >= 11 is 3.43. The van der Waals surface area contributed by atoms with Gasteiger partial charge in [0.1, 0.15) is 5.75 Å². The van der Waals surface area contributed by atoms with Gasteiger partial charge in [0.05, 0.1) is 18.2 Å². The molecule has 1 N–H and O–H groups in total. The molecule has 0 aliphatic carbocycles. The zero-order valence-electron chi connectivity index (χ0n) is 11.3. The summed E-state index contributed by atoms with van der Waals surface area (Å²) in [5.74, 6) is 1.54. The first-order valence-electron chi connectivity index (χ1n) is 6.28. The highest BCUT2D eigenvalue weighted by Crippen LogP contribution is 2.27. The Morgan fingerprint density at radius 3 is 2.72 bits per heavy atom. The lowest BCUT2D eigenvalue weighted by atomic mass is 10.1. The number of hydrogen-bond donors (Lipinski definition) is 1. The minimum absolute atomic E-state index is 0.702. The molecule has 0 spiro atoms. The van der Waals surface area contributed by atoms with Crippen molar-refractivity contribution in [2.45, 2.75) is 20.3 Å². The molecule has 1 aromatic rings. The number of benzene rings is 1. The normalized spacial score (nSPS) is 10.7. The second-order valence-corrected chi connectivity index (χ2v) is 5.43. The van der Waals surface area contributed by atoms with Crippen LogP contribution in [0, 0.1) is 5.92 Å². The Morgan fingerprint density at radius 1 is 1.28 bits per heavy atom. The number of ether oxygens (including phenoxy) is 2. The van der Waals surface area contributed by atoms with E-state index in [0.717, 1.165) is 42.1 Å². The molecule has 4 heteroatoms. The van der Waals surface area contributed by atoms with Gasteiger partial charge in [-0.2, -0.15) is 0 Å². The van der Waals surface area contributed by atoms with Crippen LogP contribution in [0.2, 0.25) is 0 Å². The maximum atomic E-state index is 5.54. The van der Waals surface area contributed by atoms with Crippen molar-refractivity contribution in [1.82, 2.24) is 0 Å².